The summed E-state index contributed by atoms with van der Waals surface area (Å²) in [5, 5.41) is 9.71. The van der Waals surface area contributed by atoms with Crippen molar-refractivity contribution in [1.82, 2.24) is 4.90 Å². The molecule has 0 spiro atoms. The summed E-state index contributed by atoms with van der Waals surface area (Å²) < 4.78 is 0. The SMILES string of the molecule is CCCC1(C(=O)O)CCCN1Cc1ccc(N(C)C)cc1. The zero-order valence-electron chi connectivity index (χ0n) is 13.3. The van der Waals surface area contributed by atoms with Gasteiger partial charge >= 0.3 is 5.97 Å². The fourth-order valence-corrected chi connectivity index (χ4v) is 3.33. The third kappa shape index (κ3) is 3.21. The van der Waals surface area contributed by atoms with E-state index in [1.54, 1.807) is 0 Å². The molecule has 116 valence electrons. The van der Waals surface area contributed by atoms with Crippen LogP contribution in [0.4, 0.5) is 5.69 Å². The fourth-order valence-electron chi connectivity index (χ4n) is 3.33. The van der Waals surface area contributed by atoms with Crippen LogP contribution in [0.25, 0.3) is 0 Å². The molecule has 1 unspecified atom stereocenters. The third-order valence-electron chi connectivity index (χ3n) is 4.51. The maximum atomic E-state index is 11.8. The Morgan fingerprint density at radius 1 is 1.33 bits per heavy atom. The monoisotopic (exact) mass is 290 g/mol. The average Bonchev–Trinajstić information content (AvgIpc) is 2.84. The summed E-state index contributed by atoms with van der Waals surface area (Å²) in [6, 6.07) is 8.39. The number of nitrogens with zero attached hydrogens (tertiary/aromatic N) is 2. The molecule has 21 heavy (non-hydrogen) atoms. The van der Waals surface area contributed by atoms with Crippen LogP contribution in [0.1, 0.15) is 38.2 Å². The van der Waals surface area contributed by atoms with E-state index in [2.05, 4.69) is 41.0 Å². The zero-order valence-corrected chi connectivity index (χ0v) is 13.3. The predicted octanol–water partition coefficient (Wildman–Crippen LogP) is 2.97. The zero-order chi connectivity index (χ0) is 15.5. The van der Waals surface area contributed by atoms with Crippen LogP contribution in [0, 0.1) is 0 Å². The van der Waals surface area contributed by atoms with E-state index in [1.165, 1.54) is 11.3 Å². The van der Waals surface area contributed by atoms with Gasteiger partial charge in [-0.05, 0) is 43.5 Å². The summed E-state index contributed by atoms with van der Waals surface area (Å²) in [4.78, 5) is 16.0. The van der Waals surface area contributed by atoms with Crippen LogP contribution in [-0.4, -0.2) is 42.2 Å². The molecular weight excluding hydrogens is 264 g/mol. The van der Waals surface area contributed by atoms with Crippen molar-refractivity contribution in [3.63, 3.8) is 0 Å². The van der Waals surface area contributed by atoms with Gasteiger partial charge in [0.25, 0.3) is 0 Å². The first kappa shape index (κ1) is 15.8. The van der Waals surface area contributed by atoms with Gasteiger partial charge in [0.05, 0.1) is 0 Å². The van der Waals surface area contributed by atoms with Crippen LogP contribution in [0.2, 0.25) is 0 Å². The molecule has 4 nitrogen and oxygen atoms in total. The molecule has 1 aromatic rings. The number of hydrogen-bond acceptors (Lipinski definition) is 3. The van der Waals surface area contributed by atoms with Gasteiger partial charge in [-0.15, -0.1) is 0 Å². The Morgan fingerprint density at radius 3 is 2.52 bits per heavy atom. The number of aliphatic carboxylic acids is 1. The first-order chi connectivity index (χ1) is 9.99. The Kier molecular flexibility index (Phi) is 4.88. The first-order valence-corrected chi connectivity index (χ1v) is 7.74. The predicted molar refractivity (Wildman–Crippen MR) is 85.7 cm³/mol. The third-order valence-corrected chi connectivity index (χ3v) is 4.51. The molecule has 0 radical (unpaired) electrons. The smallest absolute Gasteiger partial charge is 0.324 e. The second kappa shape index (κ2) is 6.48. The van der Waals surface area contributed by atoms with Crippen molar-refractivity contribution in [3.8, 4) is 0 Å². The van der Waals surface area contributed by atoms with Gasteiger partial charge in [0, 0.05) is 26.3 Å². The maximum absolute atomic E-state index is 11.8. The van der Waals surface area contributed by atoms with E-state index < -0.39 is 11.5 Å². The molecule has 1 heterocycles. The standard InChI is InChI=1S/C17H26N2O2/c1-4-10-17(16(20)21)11-5-12-19(17)13-14-6-8-15(9-7-14)18(2)3/h6-9H,4-5,10-13H2,1-3H3,(H,20,21). The molecule has 1 fully saturated rings. The summed E-state index contributed by atoms with van der Waals surface area (Å²) in [5.41, 5.74) is 1.69. The molecule has 0 aliphatic carbocycles. The molecule has 0 aromatic heterocycles. The van der Waals surface area contributed by atoms with E-state index in [9.17, 15) is 9.90 Å². The quantitative estimate of drug-likeness (QED) is 0.875. The minimum absolute atomic E-state index is 0.658. The molecule has 1 aromatic carbocycles. The molecule has 1 aliphatic rings. The summed E-state index contributed by atoms with van der Waals surface area (Å²) in [7, 11) is 4.04. The van der Waals surface area contributed by atoms with Gasteiger partial charge in [0.1, 0.15) is 5.54 Å². The molecular formula is C17H26N2O2. The van der Waals surface area contributed by atoms with Gasteiger partial charge in [-0.25, -0.2) is 0 Å². The van der Waals surface area contributed by atoms with Gasteiger partial charge in [0.2, 0.25) is 0 Å². The Morgan fingerprint density at radius 2 is 2.00 bits per heavy atom. The van der Waals surface area contributed by atoms with Crippen molar-refractivity contribution in [2.24, 2.45) is 0 Å². The van der Waals surface area contributed by atoms with Crippen molar-refractivity contribution in [3.05, 3.63) is 29.8 Å². The Bertz CT molecular complexity index is 484. The highest BCUT2D eigenvalue weighted by atomic mass is 16.4. The first-order valence-electron chi connectivity index (χ1n) is 7.74. The second-order valence-corrected chi connectivity index (χ2v) is 6.17. The highest BCUT2D eigenvalue weighted by Crippen LogP contribution is 2.35. The number of benzene rings is 1. The molecule has 1 aliphatic heterocycles. The number of anilines is 1. The lowest BCUT2D eigenvalue weighted by atomic mass is 9.90. The van der Waals surface area contributed by atoms with E-state index in [4.69, 9.17) is 0 Å². The normalized spacial score (nSPS) is 22.4. The molecule has 1 N–H and O–H groups in total. The Balaban J connectivity index is 2.15. The van der Waals surface area contributed by atoms with Crippen LogP contribution in [0.15, 0.2) is 24.3 Å². The highest BCUT2D eigenvalue weighted by molar-refractivity contribution is 5.79. The van der Waals surface area contributed by atoms with E-state index in [-0.39, 0.29) is 0 Å². The second-order valence-electron chi connectivity index (χ2n) is 6.17. The van der Waals surface area contributed by atoms with Gasteiger partial charge in [-0.3, -0.25) is 9.69 Å². The molecule has 0 bridgehead atoms. The minimum Gasteiger partial charge on any atom is -0.480 e. The van der Waals surface area contributed by atoms with Crippen molar-refractivity contribution < 1.29 is 9.90 Å². The maximum Gasteiger partial charge on any atom is 0.324 e. The molecule has 1 saturated heterocycles. The summed E-state index contributed by atoms with van der Waals surface area (Å²) >= 11 is 0. The lowest BCUT2D eigenvalue weighted by Crippen LogP contribution is -2.49. The number of carboxylic acids is 1. The van der Waals surface area contributed by atoms with Crippen LogP contribution >= 0.6 is 0 Å². The van der Waals surface area contributed by atoms with E-state index in [1.807, 2.05) is 14.1 Å². The van der Waals surface area contributed by atoms with Crippen molar-refractivity contribution in [1.29, 1.82) is 0 Å². The Labute approximate surface area is 127 Å². The topological polar surface area (TPSA) is 43.8 Å². The molecule has 0 saturated carbocycles. The molecule has 1 atom stereocenters. The number of likely N-dealkylation sites (tertiary alicyclic amines) is 1. The molecule has 0 amide bonds. The van der Waals surface area contributed by atoms with Crippen molar-refractivity contribution in [2.75, 3.05) is 25.5 Å². The largest absolute Gasteiger partial charge is 0.480 e. The summed E-state index contributed by atoms with van der Waals surface area (Å²) in [5.74, 6) is -0.660. The summed E-state index contributed by atoms with van der Waals surface area (Å²) in [6.45, 7) is 3.66. The number of carbonyl (C=O) groups is 1. The minimum atomic E-state index is -0.660. The van der Waals surface area contributed by atoms with Gasteiger partial charge in [-0.2, -0.15) is 0 Å². The van der Waals surface area contributed by atoms with Crippen LogP contribution in [-0.2, 0) is 11.3 Å². The van der Waals surface area contributed by atoms with E-state index in [0.717, 1.165) is 38.8 Å². The molecule has 2 rings (SSSR count). The fraction of sp³-hybridized carbons (Fsp3) is 0.588. The van der Waals surface area contributed by atoms with Crippen LogP contribution < -0.4 is 4.90 Å². The summed E-state index contributed by atoms with van der Waals surface area (Å²) in [6.07, 6.45) is 3.38. The van der Waals surface area contributed by atoms with Crippen molar-refractivity contribution >= 4 is 11.7 Å². The van der Waals surface area contributed by atoms with Crippen LogP contribution in [0.3, 0.4) is 0 Å². The number of hydrogen-bond donors (Lipinski definition) is 1. The van der Waals surface area contributed by atoms with E-state index >= 15 is 0 Å². The van der Waals surface area contributed by atoms with Gasteiger partial charge < -0.3 is 10.0 Å². The van der Waals surface area contributed by atoms with Gasteiger partial charge in [0.15, 0.2) is 0 Å². The van der Waals surface area contributed by atoms with Crippen LogP contribution in [0.5, 0.6) is 0 Å². The van der Waals surface area contributed by atoms with Crippen molar-refractivity contribution in [2.45, 2.75) is 44.7 Å². The van der Waals surface area contributed by atoms with E-state index in [0.29, 0.717) is 0 Å². The molecule has 4 heteroatoms. The lowest BCUT2D eigenvalue weighted by molar-refractivity contribution is -0.150. The number of rotatable bonds is 6. The average molecular weight is 290 g/mol. The van der Waals surface area contributed by atoms with Gasteiger partial charge in [-0.1, -0.05) is 25.5 Å². The number of carboxylic acid groups (broad SMARTS) is 1. The highest BCUT2D eigenvalue weighted by Gasteiger charge is 2.46. The Hall–Kier alpha value is -1.55. The lowest BCUT2D eigenvalue weighted by Gasteiger charge is -2.34.